The van der Waals surface area contributed by atoms with Gasteiger partial charge in [0, 0.05) is 34.0 Å². The fraction of sp³-hybridized carbons (Fsp3) is 1.00. The van der Waals surface area contributed by atoms with Gasteiger partial charge in [-0.1, -0.05) is 256 Å². The van der Waals surface area contributed by atoms with Crippen LogP contribution in [0.15, 0.2) is 0 Å². The van der Waals surface area contributed by atoms with E-state index >= 15 is 0 Å². The molecule has 0 N–H and O–H groups in total. The molecule has 13 fully saturated rings. The van der Waals surface area contributed by atoms with Crippen LogP contribution in [0.25, 0.3) is 0 Å². The smallest absolute Gasteiger partial charge is 0.0475 e. The molecule has 13 aliphatic rings. The van der Waals surface area contributed by atoms with Gasteiger partial charge in [0.05, 0.1) is 24.2 Å². The summed E-state index contributed by atoms with van der Waals surface area (Å²) in [6, 6.07) is 16.7. The third-order valence-electron chi connectivity index (χ3n) is 34.7. The van der Waals surface area contributed by atoms with E-state index < -0.39 is 188 Å². The van der Waals surface area contributed by atoms with E-state index in [4.69, 9.17) is 12.3 Å². The van der Waals surface area contributed by atoms with Gasteiger partial charge in [-0.25, -0.2) is 0 Å². The molecule has 0 saturated carbocycles. The maximum Gasteiger partial charge on any atom is 0.0475 e. The van der Waals surface area contributed by atoms with Crippen molar-refractivity contribution in [2.75, 3.05) is 0 Å². The summed E-state index contributed by atoms with van der Waals surface area (Å²) in [6.07, 6.45) is 31.4. The van der Waals surface area contributed by atoms with Crippen molar-refractivity contribution >= 4 is 164 Å². The Morgan fingerprint density at radius 2 is 0.577 bits per heavy atom. The summed E-state index contributed by atoms with van der Waals surface area (Å²) in [5.41, 5.74) is 3.74. The fourth-order valence-electron chi connectivity index (χ4n) is 25.5. The number of hydrogen-bond donors (Lipinski definition) is 0. The molecule has 0 aromatic rings. The van der Waals surface area contributed by atoms with Gasteiger partial charge in [0.15, 0.2) is 0 Å². The Labute approximate surface area is 696 Å². The molecule has 13 heterocycles. The van der Waals surface area contributed by atoms with E-state index in [2.05, 4.69) is 147 Å². The standard InChI is InChI=1S/C11H22Si.C10H24Ge2.C10H20Si.2C9H22Ge2.C9H22Si2.C9H18Si.C8H20Ge2.C6H13FSi.C5H10F2Si/c1-11-7-3-6-10-12(11)8-4-2-5-9-12;1-6-10-11(2,3)8-7-9-12(10,4)5;1-10-6-5-9-11(10)7-3-2-4-8-11;1-9-10(2,3)7-6-8-11(9,4)5;2*1-6-9-10(2,3)7-8-11(9,4)5;1-9-5-4-8-10(9)6-2-3-7-10;1-8-9(2,3)6-7-10(8,4)5;1-6-4-3-5-8(6,2)7;1-5-3-2-4-8(5,6)7/h11H,2-10H2,1H3;10H,6-9H2,1-5H3;10H,2-9H2,1H3;3*9H,6-8H2,1-5H3;9H,2-8H2,1H3;8H,6-7H2,1-5H3;6H,3-5H2,1-2H3;5H,2-4H2,1H3/t11-;;10-;;;;9-;;6-,8?;5-/m0.1...1.11/s1/i;;;;;2D3,3D3,6D2,9D;;;;. The zero-order chi connectivity index (χ0) is 86.8. The van der Waals surface area contributed by atoms with Crippen LogP contribution in [0.5, 0.6) is 0 Å². The molecule has 0 aliphatic carbocycles. The molecular weight excluding hydrogens is 1870 g/mol. The number of halogens is 3. The van der Waals surface area contributed by atoms with Gasteiger partial charge >= 0.3 is 317 Å². The van der Waals surface area contributed by atoms with E-state index in [1.807, 2.05) is 6.55 Å². The van der Waals surface area contributed by atoms with Crippen LogP contribution in [-0.2, 0) is 0 Å². The van der Waals surface area contributed by atoms with E-state index in [1.165, 1.54) is 57.1 Å². The average molecular weight is 2070 g/mol. The molecule has 0 aromatic carbocycles. The minimum Gasteiger partial charge on any atom is -0.0694 e. The van der Waals surface area contributed by atoms with Gasteiger partial charge in [0.2, 0.25) is 8.41 Å². The summed E-state index contributed by atoms with van der Waals surface area (Å²) in [4.78, 5) is 0. The predicted molar refractivity (Wildman–Crippen MR) is 519 cm³/mol. The third-order valence-corrected chi connectivity index (χ3v) is 208. The van der Waals surface area contributed by atoms with E-state index in [0.717, 1.165) is 31.7 Å². The SMILES string of the molecule is CC[CH]1[Ge]([CH3])([CH3])[CH2]C[CH2][Ge]1([CH3])[CH3].CC[CH]1[Ge]([CH3])([CH3])[CH2][CH2][Ge]1([CH3])[CH3].C[C@@H]1CCC[Si]1(C)F.C[C@@H]1CCC[Si]1(F)F.C[C@@H]1CCC[Si]12CCCC2.C[C@@H]1CCC[Si]12CCCCC2.C[C@H]1CCCC[Si]12CCCCC2.C[CH]1[Ge]([CH3])([CH3])[CH2]C[CH2][Ge]1([CH3])[CH3].C[CH]1[Ge]([CH3])([CH3])[CH2][CH2][Ge]1([CH3])[CH3].[2H]C([2H])(C)C1([2H])[Si](C)(C)CC[Si]1(C([2H])([2H])[2H])C([2H])([2H])[2H]. The van der Waals surface area contributed by atoms with Gasteiger partial charge in [0.1, 0.15) is 0 Å². The summed E-state index contributed by atoms with van der Waals surface area (Å²) in [6.45, 7) is 22.4. The molecule has 0 bridgehead atoms. The van der Waals surface area contributed by atoms with Crippen molar-refractivity contribution in [1.82, 2.24) is 0 Å². The van der Waals surface area contributed by atoms with Crippen LogP contribution < -0.4 is 0 Å². The molecule has 0 amide bonds. The van der Waals surface area contributed by atoms with Crippen LogP contribution in [0.1, 0.15) is 236 Å². The monoisotopic (exact) mass is 2080 g/mol. The third kappa shape index (κ3) is 29.5. The van der Waals surface area contributed by atoms with Crippen LogP contribution in [-0.4, -0.2) is 164 Å². The van der Waals surface area contributed by atoms with Crippen molar-refractivity contribution in [3.8, 4) is 0 Å². The summed E-state index contributed by atoms with van der Waals surface area (Å²) >= 11 is -9.79. The van der Waals surface area contributed by atoms with Crippen LogP contribution in [0, 0.1) is 0 Å². The second kappa shape index (κ2) is 43.2. The second-order valence-electron chi connectivity index (χ2n) is 45.7. The fourth-order valence-corrected chi connectivity index (χ4v) is 242. The molecule has 3 spiro atoms. The van der Waals surface area contributed by atoms with E-state index in [9.17, 15) is 12.3 Å². The minimum atomic E-state index is -4.21. The summed E-state index contributed by atoms with van der Waals surface area (Å²) in [7, 11) is -14.5. The van der Waals surface area contributed by atoms with Crippen LogP contribution in [0.3, 0.4) is 0 Å². The maximum absolute atomic E-state index is 13.1. The molecule has 13 saturated heterocycles. The van der Waals surface area contributed by atoms with Crippen LogP contribution >= 0.6 is 0 Å². The van der Waals surface area contributed by atoms with Gasteiger partial charge in [-0.05, 0) is 52.4 Å². The Bertz CT molecular complexity index is 2710. The van der Waals surface area contributed by atoms with E-state index in [0.29, 0.717) is 11.6 Å². The van der Waals surface area contributed by atoms with Gasteiger partial charge in [-0.15, -0.1) is 0 Å². The molecule has 0 nitrogen and oxygen atoms in total. The van der Waals surface area contributed by atoms with Gasteiger partial charge in [-0.3, -0.25) is 8.22 Å². The van der Waals surface area contributed by atoms with Crippen LogP contribution in [0.4, 0.5) is 12.3 Å². The number of rotatable bonds is 3. The van der Waals surface area contributed by atoms with Crippen molar-refractivity contribution < 1.29 is 24.7 Å². The van der Waals surface area contributed by atoms with Crippen molar-refractivity contribution in [3.05, 3.63) is 0 Å². The van der Waals surface area contributed by atoms with E-state index in [1.54, 1.807) is 219 Å². The zero-order valence-corrected chi connectivity index (χ0v) is 99.7. The molecule has 104 heavy (non-hydrogen) atoms. The van der Waals surface area contributed by atoms with Crippen molar-refractivity contribution in [2.24, 2.45) is 0 Å². The number of hydrogen-bond acceptors (Lipinski definition) is 0. The van der Waals surface area contributed by atoms with Gasteiger partial charge in [-0.2, -0.15) is 0 Å². The second-order valence-corrected chi connectivity index (χ2v) is 175. The summed E-state index contributed by atoms with van der Waals surface area (Å²) in [5.74, 6) is 42.5. The first-order valence-corrected chi connectivity index (χ1v) is 119. The molecule has 7 atom stereocenters. The summed E-state index contributed by atoms with van der Waals surface area (Å²) < 4.78 is 115. The Hall–Kier alpha value is 5.65. The first-order chi connectivity index (χ1) is 51.2. The Morgan fingerprint density at radius 3 is 0.798 bits per heavy atom. The maximum atomic E-state index is 13.1. The zero-order valence-electron chi connectivity index (χ0n) is 84.9. The normalized spacial score (nSPS) is 36.5. The molecule has 13 aliphatic heterocycles. The Kier molecular flexibility index (Phi) is 36.4. The Balaban J connectivity index is 0.000000267. The van der Waals surface area contributed by atoms with Gasteiger partial charge < -0.3 is 4.11 Å². The first kappa shape index (κ1) is 87.5. The van der Waals surface area contributed by atoms with Crippen molar-refractivity contribution in [1.29, 1.82) is 0 Å². The van der Waals surface area contributed by atoms with Crippen molar-refractivity contribution in [3.63, 3.8) is 0 Å². The average Bonchev–Trinajstić information content (AvgIpc) is 1.48. The van der Waals surface area contributed by atoms with Gasteiger partial charge in [0.25, 0.3) is 0 Å². The molecule has 618 valence electrons. The quantitative estimate of drug-likeness (QED) is 0.195. The van der Waals surface area contributed by atoms with E-state index in [-0.39, 0.29) is 17.6 Å². The van der Waals surface area contributed by atoms with Crippen molar-refractivity contribution in [2.45, 2.75) is 516 Å². The topological polar surface area (TPSA) is 0 Å². The predicted octanol–water partition coefficient (Wildman–Crippen LogP) is 35.4. The molecule has 18 heteroatoms. The molecule has 13 rings (SSSR count). The van der Waals surface area contributed by atoms with Crippen LogP contribution in [0.2, 0.25) is 292 Å². The largest absolute Gasteiger partial charge is 0.0694 e. The minimum absolute atomic E-state index is 0.00390. The molecule has 0 aromatic heterocycles. The summed E-state index contributed by atoms with van der Waals surface area (Å²) in [5, 5.41) is 11.4. The Morgan fingerprint density at radius 1 is 0.308 bits per heavy atom. The molecule has 2 unspecified atom stereocenters. The molecular formula is C86H193F3Ge8Si7. The first-order valence-electron chi connectivity index (χ1n) is 50.3. The molecule has 0 radical (unpaired) electrons.